The Hall–Kier alpha value is -2.55. The monoisotopic (exact) mass is 437 g/mol. The first kappa shape index (κ1) is 20.2. The lowest BCUT2D eigenvalue weighted by atomic mass is 10.2. The number of aryl methyl sites for hydroxylation is 1. The van der Waals surface area contributed by atoms with Crippen molar-refractivity contribution in [3.63, 3.8) is 0 Å². The van der Waals surface area contributed by atoms with Crippen molar-refractivity contribution in [1.29, 1.82) is 0 Å². The van der Waals surface area contributed by atoms with Gasteiger partial charge in [0.2, 0.25) is 9.84 Å². The second kappa shape index (κ2) is 7.46. The molecule has 0 spiro atoms. The van der Waals surface area contributed by atoms with Gasteiger partial charge in [-0.25, -0.2) is 16.8 Å². The third kappa shape index (κ3) is 3.99. The Labute approximate surface area is 168 Å². The number of phenols is 1. The van der Waals surface area contributed by atoms with Crippen molar-refractivity contribution in [2.24, 2.45) is 0 Å². The van der Waals surface area contributed by atoms with Crippen molar-refractivity contribution in [2.45, 2.75) is 21.6 Å². The van der Waals surface area contributed by atoms with Crippen LogP contribution >= 0.6 is 11.6 Å². The lowest BCUT2D eigenvalue weighted by molar-refractivity contribution is 0.454. The van der Waals surface area contributed by atoms with Crippen LogP contribution in [-0.2, 0) is 19.9 Å². The molecule has 146 valence electrons. The molecule has 0 aromatic heterocycles. The Morgan fingerprint density at radius 2 is 1.46 bits per heavy atom. The van der Waals surface area contributed by atoms with Gasteiger partial charge in [0.1, 0.15) is 10.6 Å². The highest BCUT2D eigenvalue weighted by Crippen LogP contribution is 2.35. The molecular formula is C19H16ClNO5S2. The van der Waals surface area contributed by atoms with Gasteiger partial charge in [0, 0.05) is 5.02 Å². The number of halogens is 1. The van der Waals surface area contributed by atoms with Crippen LogP contribution in [-0.4, -0.2) is 21.9 Å². The highest BCUT2D eigenvalue weighted by molar-refractivity contribution is 7.92. The number of benzene rings is 3. The van der Waals surface area contributed by atoms with E-state index in [2.05, 4.69) is 4.72 Å². The van der Waals surface area contributed by atoms with Gasteiger partial charge >= 0.3 is 0 Å². The van der Waals surface area contributed by atoms with Crippen LogP contribution in [0.3, 0.4) is 0 Å². The molecule has 28 heavy (non-hydrogen) atoms. The Morgan fingerprint density at radius 1 is 0.857 bits per heavy atom. The van der Waals surface area contributed by atoms with Crippen LogP contribution in [0.5, 0.6) is 5.75 Å². The quantitative estimate of drug-likeness (QED) is 0.588. The number of phenolic OH excluding ortho intramolecular Hbond substituents is 1. The fourth-order valence-electron chi connectivity index (χ4n) is 2.57. The number of sulfone groups is 1. The molecule has 0 saturated heterocycles. The molecular weight excluding hydrogens is 422 g/mol. The number of anilines is 1. The van der Waals surface area contributed by atoms with Crippen LogP contribution in [0.25, 0.3) is 0 Å². The predicted octanol–water partition coefficient (Wildman–Crippen LogP) is 3.99. The molecule has 0 saturated carbocycles. The molecule has 0 aliphatic heterocycles. The summed E-state index contributed by atoms with van der Waals surface area (Å²) in [7, 11) is -8.01. The normalized spacial score (nSPS) is 11.9. The third-order valence-corrected chi connectivity index (χ3v) is 7.42. The van der Waals surface area contributed by atoms with Gasteiger partial charge in [-0.3, -0.25) is 4.72 Å². The fourth-order valence-corrected chi connectivity index (χ4v) is 5.20. The molecule has 0 radical (unpaired) electrons. The molecule has 0 heterocycles. The van der Waals surface area contributed by atoms with E-state index in [1.165, 1.54) is 49.4 Å². The topological polar surface area (TPSA) is 101 Å². The van der Waals surface area contributed by atoms with Gasteiger partial charge in [0.25, 0.3) is 10.0 Å². The molecule has 6 nitrogen and oxygen atoms in total. The minimum atomic E-state index is -4.10. The molecule has 0 fully saturated rings. The highest BCUT2D eigenvalue weighted by atomic mass is 35.5. The van der Waals surface area contributed by atoms with E-state index in [1.807, 2.05) is 0 Å². The molecule has 0 unspecified atom stereocenters. The molecule has 2 N–H and O–H groups in total. The Morgan fingerprint density at radius 3 is 2.07 bits per heavy atom. The van der Waals surface area contributed by atoms with E-state index in [9.17, 15) is 21.9 Å². The summed E-state index contributed by atoms with van der Waals surface area (Å²) in [6.07, 6.45) is 0. The van der Waals surface area contributed by atoms with Crippen LogP contribution in [0.1, 0.15) is 5.56 Å². The highest BCUT2D eigenvalue weighted by Gasteiger charge is 2.25. The van der Waals surface area contributed by atoms with Gasteiger partial charge in [-0.1, -0.05) is 29.8 Å². The third-order valence-electron chi connectivity index (χ3n) is 3.98. The molecule has 0 aliphatic carbocycles. The van der Waals surface area contributed by atoms with Gasteiger partial charge in [0.05, 0.1) is 15.5 Å². The van der Waals surface area contributed by atoms with E-state index in [0.29, 0.717) is 5.02 Å². The van der Waals surface area contributed by atoms with Gasteiger partial charge < -0.3 is 5.11 Å². The summed E-state index contributed by atoms with van der Waals surface area (Å²) in [4.78, 5) is -0.446. The number of aromatic hydroxyl groups is 1. The van der Waals surface area contributed by atoms with E-state index < -0.39 is 30.5 Å². The summed E-state index contributed by atoms with van der Waals surface area (Å²) in [6, 6.07) is 15.6. The van der Waals surface area contributed by atoms with Gasteiger partial charge in [-0.2, -0.15) is 0 Å². The van der Waals surface area contributed by atoms with E-state index in [1.54, 1.807) is 18.2 Å². The summed E-state index contributed by atoms with van der Waals surface area (Å²) in [5.74, 6) is -0.447. The van der Waals surface area contributed by atoms with E-state index in [4.69, 9.17) is 11.6 Å². The SMILES string of the molecule is Cc1cc(NS(=O)(=O)c2ccccc2)cc(S(=O)(=O)c2ccc(Cl)cc2)c1O. The number of rotatable bonds is 5. The standard InChI is InChI=1S/C19H16ClNO5S2/c1-13-11-15(21-28(25,26)17-5-3-2-4-6-17)12-18(19(13)22)27(23,24)16-9-7-14(20)8-10-16/h2-12,21-22H,1H3. The Kier molecular flexibility index (Phi) is 5.38. The van der Waals surface area contributed by atoms with Crippen molar-refractivity contribution in [3.05, 3.63) is 77.3 Å². The molecule has 3 aromatic rings. The summed E-state index contributed by atoms with van der Waals surface area (Å²) < 4.78 is 53.3. The number of sulfonamides is 1. The maximum absolute atomic E-state index is 12.9. The zero-order valence-corrected chi connectivity index (χ0v) is 17.0. The van der Waals surface area contributed by atoms with Gasteiger partial charge in [0.15, 0.2) is 0 Å². The lowest BCUT2D eigenvalue weighted by Gasteiger charge is -2.13. The zero-order chi connectivity index (χ0) is 20.5. The zero-order valence-electron chi connectivity index (χ0n) is 14.6. The number of hydrogen-bond acceptors (Lipinski definition) is 5. The predicted molar refractivity (Wildman–Crippen MR) is 107 cm³/mol. The van der Waals surface area contributed by atoms with Crippen molar-refractivity contribution < 1.29 is 21.9 Å². The second-order valence-electron chi connectivity index (χ2n) is 6.02. The van der Waals surface area contributed by atoms with Crippen LogP contribution in [0.2, 0.25) is 5.02 Å². The van der Waals surface area contributed by atoms with Crippen molar-refractivity contribution >= 4 is 37.1 Å². The number of nitrogens with one attached hydrogen (secondary N) is 1. The molecule has 0 bridgehead atoms. The molecule has 0 amide bonds. The van der Waals surface area contributed by atoms with Crippen molar-refractivity contribution in [2.75, 3.05) is 4.72 Å². The van der Waals surface area contributed by atoms with Gasteiger partial charge in [-0.05, 0) is 61.0 Å². The average molecular weight is 438 g/mol. The van der Waals surface area contributed by atoms with Crippen LogP contribution in [0.4, 0.5) is 5.69 Å². The van der Waals surface area contributed by atoms with Crippen LogP contribution in [0, 0.1) is 6.92 Å². The Balaban J connectivity index is 2.08. The average Bonchev–Trinajstić information content (AvgIpc) is 2.65. The lowest BCUT2D eigenvalue weighted by Crippen LogP contribution is -2.13. The van der Waals surface area contributed by atoms with E-state index >= 15 is 0 Å². The summed E-state index contributed by atoms with van der Waals surface area (Å²) in [5.41, 5.74) is 0.229. The summed E-state index contributed by atoms with van der Waals surface area (Å²) in [6.45, 7) is 1.48. The Bertz CT molecular complexity index is 1220. The van der Waals surface area contributed by atoms with Crippen molar-refractivity contribution in [1.82, 2.24) is 0 Å². The minimum absolute atomic E-state index is 0.0201. The molecule has 0 aliphatic rings. The molecule has 9 heteroatoms. The summed E-state index contributed by atoms with van der Waals surface area (Å²) in [5, 5.41) is 10.7. The maximum Gasteiger partial charge on any atom is 0.261 e. The van der Waals surface area contributed by atoms with E-state index in [-0.39, 0.29) is 21.0 Å². The fraction of sp³-hybridized carbons (Fsp3) is 0.0526. The van der Waals surface area contributed by atoms with Crippen LogP contribution < -0.4 is 4.72 Å². The van der Waals surface area contributed by atoms with Crippen LogP contribution in [0.15, 0.2) is 81.4 Å². The molecule has 0 atom stereocenters. The van der Waals surface area contributed by atoms with E-state index in [0.717, 1.165) is 6.07 Å². The minimum Gasteiger partial charge on any atom is -0.506 e. The maximum atomic E-state index is 12.9. The smallest absolute Gasteiger partial charge is 0.261 e. The molecule has 3 rings (SSSR count). The second-order valence-corrected chi connectivity index (χ2v) is 10.1. The first-order chi connectivity index (χ1) is 13.1. The van der Waals surface area contributed by atoms with Gasteiger partial charge in [-0.15, -0.1) is 0 Å². The summed E-state index contributed by atoms with van der Waals surface area (Å²) >= 11 is 5.80. The largest absolute Gasteiger partial charge is 0.506 e. The first-order valence-corrected chi connectivity index (χ1v) is 11.4. The first-order valence-electron chi connectivity index (χ1n) is 8.03. The van der Waals surface area contributed by atoms with Crippen molar-refractivity contribution in [3.8, 4) is 5.75 Å². The number of hydrogen-bond donors (Lipinski definition) is 2. The molecule has 3 aromatic carbocycles.